The topological polar surface area (TPSA) is 37.4 Å². The van der Waals surface area contributed by atoms with Gasteiger partial charge in [0.1, 0.15) is 0 Å². The van der Waals surface area contributed by atoms with Gasteiger partial charge in [0.25, 0.3) is 0 Å². The highest BCUT2D eigenvalue weighted by Crippen LogP contribution is 2.20. The summed E-state index contributed by atoms with van der Waals surface area (Å²) in [5, 5.41) is 3.18. The van der Waals surface area contributed by atoms with E-state index >= 15 is 0 Å². The highest BCUT2D eigenvalue weighted by Gasteiger charge is 2.25. The van der Waals surface area contributed by atoms with E-state index in [0.717, 1.165) is 19.6 Å². The molecule has 18 heavy (non-hydrogen) atoms. The third-order valence-electron chi connectivity index (χ3n) is 3.32. The van der Waals surface area contributed by atoms with Crippen LogP contribution in [0.25, 0.3) is 0 Å². The van der Waals surface area contributed by atoms with Gasteiger partial charge in [0.2, 0.25) is 0 Å². The molecule has 2 unspecified atom stereocenters. The van der Waals surface area contributed by atoms with Gasteiger partial charge in [-0.25, -0.2) is 0 Å². The monoisotopic (exact) mass is 249 g/mol. The molecule has 0 saturated carbocycles. The Morgan fingerprint density at radius 1 is 1.44 bits per heavy atom. The van der Waals surface area contributed by atoms with Crippen molar-refractivity contribution in [2.45, 2.75) is 31.6 Å². The molecule has 0 aliphatic carbocycles. The summed E-state index contributed by atoms with van der Waals surface area (Å²) in [5.41, 5.74) is 1.25. The maximum Gasteiger partial charge on any atom is 0.0707 e. The first-order chi connectivity index (χ1) is 8.78. The van der Waals surface area contributed by atoms with Crippen molar-refractivity contribution in [1.82, 2.24) is 15.2 Å². The molecule has 100 valence electrons. The second-order valence-corrected chi connectivity index (χ2v) is 5.07. The molecule has 1 N–H and O–H groups in total. The van der Waals surface area contributed by atoms with E-state index in [1.54, 1.807) is 0 Å². The maximum atomic E-state index is 5.99. The van der Waals surface area contributed by atoms with Crippen LogP contribution in [0.4, 0.5) is 0 Å². The van der Waals surface area contributed by atoms with Gasteiger partial charge in [0, 0.05) is 32.0 Å². The standard InChI is InChI=1S/C14H23N3O/c1-15-9-13-5-6-14(18-13)11-17(2)10-12-4-3-7-16-8-12/h3-4,7-8,13-15H,5-6,9-11H2,1-2H3. The average Bonchev–Trinajstić information content (AvgIpc) is 2.78. The van der Waals surface area contributed by atoms with Crippen molar-refractivity contribution >= 4 is 0 Å². The van der Waals surface area contributed by atoms with Gasteiger partial charge in [-0.2, -0.15) is 0 Å². The van der Waals surface area contributed by atoms with E-state index in [1.807, 2.05) is 25.5 Å². The number of pyridine rings is 1. The first kappa shape index (κ1) is 13.5. The van der Waals surface area contributed by atoms with Gasteiger partial charge >= 0.3 is 0 Å². The summed E-state index contributed by atoms with van der Waals surface area (Å²) < 4.78 is 5.99. The fourth-order valence-corrected chi connectivity index (χ4v) is 2.51. The molecule has 1 aliphatic rings. The van der Waals surface area contributed by atoms with Crippen LogP contribution in [-0.4, -0.2) is 49.3 Å². The van der Waals surface area contributed by atoms with Gasteiger partial charge < -0.3 is 10.1 Å². The van der Waals surface area contributed by atoms with Crippen molar-refractivity contribution in [3.05, 3.63) is 30.1 Å². The van der Waals surface area contributed by atoms with Gasteiger partial charge in [0.15, 0.2) is 0 Å². The molecule has 1 aliphatic heterocycles. The van der Waals surface area contributed by atoms with Crippen LogP contribution in [0.15, 0.2) is 24.5 Å². The Kier molecular flexibility index (Phi) is 5.11. The fraction of sp³-hybridized carbons (Fsp3) is 0.643. The zero-order valence-electron chi connectivity index (χ0n) is 11.3. The lowest BCUT2D eigenvalue weighted by Gasteiger charge is -2.21. The van der Waals surface area contributed by atoms with Crippen molar-refractivity contribution in [2.75, 3.05) is 27.2 Å². The molecule has 2 atom stereocenters. The van der Waals surface area contributed by atoms with Gasteiger partial charge in [-0.05, 0) is 38.6 Å². The molecule has 4 heteroatoms. The Morgan fingerprint density at radius 3 is 3.00 bits per heavy atom. The number of ether oxygens (including phenoxy) is 1. The molecule has 1 saturated heterocycles. The van der Waals surface area contributed by atoms with Crippen LogP contribution in [0, 0.1) is 0 Å². The minimum atomic E-state index is 0.380. The van der Waals surface area contributed by atoms with Gasteiger partial charge in [-0.3, -0.25) is 9.88 Å². The highest BCUT2D eigenvalue weighted by molar-refractivity contribution is 5.07. The SMILES string of the molecule is CNCC1CCC(CN(C)Cc2cccnc2)O1. The summed E-state index contributed by atoms with van der Waals surface area (Å²) in [5.74, 6) is 0. The summed E-state index contributed by atoms with van der Waals surface area (Å²) >= 11 is 0. The number of nitrogens with zero attached hydrogens (tertiary/aromatic N) is 2. The molecule has 0 aromatic carbocycles. The summed E-state index contributed by atoms with van der Waals surface area (Å²) in [6, 6.07) is 4.10. The first-order valence-electron chi connectivity index (χ1n) is 6.65. The Morgan fingerprint density at radius 2 is 2.28 bits per heavy atom. The van der Waals surface area contributed by atoms with E-state index < -0.39 is 0 Å². The lowest BCUT2D eigenvalue weighted by molar-refractivity contribution is 0.0275. The molecule has 1 aromatic rings. The van der Waals surface area contributed by atoms with Crippen LogP contribution in [0.2, 0.25) is 0 Å². The van der Waals surface area contributed by atoms with E-state index in [4.69, 9.17) is 4.74 Å². The summed E-state index contributed by atoms with van der Waals surface area (Å²) in [4.78, 5) is 6.45. The molecule has 0 radical (unpaired) electrons. The van der Waals surface area contributed by atoms with Crippen LogP contribution in [-0.2, 0) is 11.3 Å². The molecule has 2 rings (SSSR count). The number of aromatic nitrogens is 1. The van der Waals surface area contributed by atoms with Crippen LogP contribution in [0.5, 0.6) is 0 Å². The van der Waals surface area contributed by atoms with E-state index in [0.29, 0.717) is 12.2 Å². The normalized spacial score (nSPS) is 23.7. The Bertz CT molecular complexity index is 344. The smallest absolute Gasteiger partial charge is 0.0707 e. The Balaban J connectivity index is 1.73. The van der Waals surface area contributed by atoms with Crippen molar-refractivity contribution in [2.24, 2.45) is 0 Å². The van der Waals surface area contributed by atoms with E-state index in [9.17, 15) is 0 Å². The number of rotatable bonds is 6. The zero-order chi connectivity index (χ0) is 12.8. The van der Waals surface area contributed by atoms with Crippen LogP contribution < -0.4 is 5.32 Å². The van der Waals surface area contributed by atoms with E-state index in [1.165, 1.54) is 18.4 Å². The number of hydrogen-bond donors (Lipinski definition) is 1. The molecule has 2 heterocycles. The van der Waals surface area contributed by atoms with Crippen LogP contribution in [0.1, 0.15) is 18.4 Å². The van der Waals surface area contributed by atoms with Gasteiger partial charge in [0.05, 0.1) is 12.2 Å². The third kappa shape index (κ3) is 4.05. The van der Waals surface area contributed by atoms with E-state index in [-0.39, 0.29) is 0 Å². The molecular formula is C14H23N3O. The number of hydrogen-bond acceptors (Lipinski definition) is 4. The van der Waals surface area contributed by atoms with Crippen molar-refractivity contribution in [3.63, 3.8) is 0 Å². The summed E-state index contributed by atoms with van der Waals surface area (Å²) in [7, 11) is 4.12. The second kappa shape index (κ2) is 6.83. The lowest BCUT2D eigenvalue weighted by atomic mass is 10.2. The maximum absolute atomic E-state index is 5.99. The van der Waals surface area contributed by atoms with Crippen molar-refractivity contribution < 1.29 is 4.74 Å². The molecule has 0 amide bonds. The Labute approximate surface area is 109 Å². The molecule has 0 spiro atoms. The van der Waals surface area contributed by atoms with Crippen molar-refractivity contribution in [1.29, 1.82) is 0 Å². The predicted molar refractivity (Wildman–Crippen MR) is 72.4 cm³/mol. The van der Waals surface area contributed by atoms with Gasteiger partial charge in [-0.1, -0.05) is 6.07 Å². The lowest BCUT2D eigenvalue weighted by Crippen LogP contribution is -2.30. The minimum absolute atomic E-state index is 0.380. The molecule has 1 aromatic heterocycles. The predicted octanol–water partition coefficient (Wildman–Crippen LogP) is 1.28. The summed E-state index contributed by atoms with van der Waals surface area (Å²) in [6.07, 6.45) is 6.86. The van der Waals surface area contributed by atoms with Crippen LogP contribution >= 0.6 is 0 Å². The largest absolute Gasteiger partial charge is 0.372 e. The second-order valence-electron chi connectivity index (χ2n) is 5.07. The first-order valence-corrected chi connectivity index (χ1v) is 6.65. The number of likely N-dealkylation sites (N-methyl/N-ethyl adjacent to an activating group) is 2. The molecule has 4 nitrogen and oxygen atoms in total. The molecule has 0 bridgehead atoms. The zero-order valence-corrected chi connectivity index (χ0v) is 11.3. The average molecular weight is 249 g/mol. The quantitative estimate of drug-likeness (QED) is 0.824. The molecular weight excluding hydrogens is 226 g/mol. The highest BCUT2D eigenvalue weighted by atomic mass is 16.5. The third-order valence-corrected chi connectivity index (χ3v) is 3.32. The number of nitrogens with one attached hydrogen (secondary N) is 1. The fourth-order valence-electron chi connectivity index (χ4n) is 2.51. The Hall–Kier alpha value is -0.970. The van der Waals surface area contributed by atoms with Crippen LogP contribution in [0.3, 0.4) is 0 Å². The van der Waals surface area contributed by atoms with E-state index in [2.05, 4.69) is 28.3 Å². The molecule has 1 fully saturated rings. The van der Waals surface area contributed by atoms with Gasteiger partial charge in [-0.15, -0.1) is 0 Å². The summed E-state index contributed by atoms with van der Waals surface area (Å²) in [6.45, 7) is 2.89. The minimum Gasteiger partial charge on any atom is -0.372 e. The van der Waals surface area contributed by atoms with Crippen molar-refractivity contribution in [3.8, 4) is 0 Å².